The summed E-state index contributed by atoms with van der Waals surface area (Å²) in [5.41, 5.74) is 7.31. The summed E-state index contributed by atoms with van der Waals surface area (Å²) in [7, 11) is 0. The number of rotatable bonds is 7. The number of hydrogen-bond donors (Lipinski definition) is 4. The average molecular weight is 500 g/mol. The van der Waals surface area contributed by atoms with Crippen LogP contribution in [0, 0.1) is 0 Å². The number of nitrogens with one attached hydrogen (secondary N) is 1. The summed E-state index contributed by atoms with van der Waals surface area (Å²) in [4.78, 5) is 42.2. The molecule has 2 amide bonds. The molecule has 0 bridgehead atoms. The number of amides is 2. The van der Waals surface area contributed by atoms with E-state index in [9.17, 15) is 24.7 Å². The number of thioether (sulfide) groups is 2. The molecule has 2 aromatic heterocycles. The van der Waals surface area contributed by atoms with Crippen molar-refractivity contribution in [1.82, 2.24) is 25.4 Å². The highest BCUT2D eigenvalue weighted by Crippen LogP contribution is 2.41. The van der Waals surface area contributed by atoms with Gasteiger partial charge in [-0.05, 0) is 5.57 Å². The zero-order valence-electron chi connectivity index (χ0n) is 15.3. The number of nitrogen functional groups attached to an aromatic ring is 1. The Kier molecular flexibility index (Phi) is 6.12. The fourth-order valence-electron chi connectivity index (χ4n) is 2.99. The van der Waals surface area contributed by atoms with Gasteiger partial charge in [-0.1, -0.05) is 28.3 Å². The van der Waals surface area contributed by atoms with E-state index in [0.717, 1.165) is 11.3 Å². The molecule has 0 unspecified atom stereocenters. The first-order chi connectivity index (χ1) is 14.9. The van der Waals surface area contributed by atoms with Gasteiger partial charge in [0.25, 0.3) is 11.8 Å². The van der Waals surface area contributed by atoms with Gasteiger partial charge in [0.1, 0.15) is 28.3 Å². The number of nitrogens with two attached hydrogens (primary N) is 1. The first kappa shape index (κ1) is 21.5. The fraction of sp³-hybridized carbons (Fsp3) is 0.267. The Morgan fingerprint density at radius 2 is 2.23 bits per heavy atom. The summed E-state index contributed by atoms with van der Waals surface area (Å²) in [6, 6.07) is -0.961. The summed E-state index contributed by atoms with van der Waals surface area (Å²) in [6.07, 6.45) is 0. The second kappa shape index (κ2) is 8.81. The molecular formula is C15H13N7O5S4. The first-order valence-corrected chi connectivity index (χ1v) is 12.2. The maximum absolute atomic E-state index is 12.7. The zero-order valence-corrected chi connectivity index (χ0v) is 18.6. The molecule has 12 nitrogen and oxygen atoms in total. The predicted octanol–water partition coefficient (Wildman–Crippen LogP) is 0.286. The molecule has 16 heteroatoms. The van der Waals surface area contributed by atoms with Crippen LogP contribution in [0.25, 0.3) is 0 Å². The van der Waals surface area contributed by atoms with Crippen LogP contribution in [0.5, 0.6) is 0 Å². The Morgan fingerprint density at radius 1 is 1.42 bits per heavy atom. The smallest absolute Gasteiger partial charge is 0.352 e. The van der Waals surface area contributed by atoms with Crippen LogP contribution in [0.4, 0.5) is 5.13 Å². The van der Waals surface area contributed by atoms with Gasteiger partial charge >= 0.3 is 5.97 Å². The van der Waals surface area contributed by atoms with Gasteiger partial charge in [0.2, 0.25) is 0 Å². The molecule has 5 N–H and O–H groups in total. The Hall–Kier alpha value is -2.69. The van der Waals surface area contributed by atoms with Crippen LogP contribution in [-0.2, 0) is 14.4 Å². The van der Waals surface area contributed by atoms with Gasteiger partial charge in [-0.25, -0.2) is 9.78 Å². The monoisotopic (exact) mass is 499 g/mol. The summed E-state index contributed by atoms with van der Waals surface area (Å²) in [5.74, 6) is -1.87. The molecule has 1 saturated heterocycles. The van der Waals surface area contributed by atoms with Crippen molar-refractivity contribution < 1.29 is 24.7 Å². The number of thiazole rings is 1. The Labute approximate surface area is 190 Å². The van der Waals surface area contributed by atoms with Gasteiger partial charge in [0, 0.05) is 16.9 Å². The molecule has 0 aromatic carbocycles. The molecule has 0 spiro atoms. The molecule has 0 aliphatic carbocycles. The molecule has 2 aromatic rings. The van der Waals surface area contributed by atoms with Crippen LogP contribution >= 0.6 is 46.2 Å². The summed E-state index contributed by atoms with van der Waals surface area (Å²) < 4.78 is 0.697. The van der Waals surface area contributed by atoms with E-state index in [4.69, 9.17) is 5.73 Å². The maximum atomic E-state index is 12.7. The minimum Gasteiger partial charge on any atom is -0.477 e. The standard InChI is InChI=1S/C15H13N7O5S4/c16-14-18-6(3-29-14)7(21-27)10(23)19-8-11(24)22-9(13(25)26)5(1-28-12(8)22)2-30-15-20-17-4-31-15/h3-4,8,12,27H,1-2H2,(H2,16,18)(H,19,23)(H,25,26)/b21-7-/t8-,12-/m1/s1. The molecule has 4 heterocycles. The Morgan fingerprint density at radius 3 is 2.84 bits per heavy atom. The Bertz CT molecular complexity index is 1100. The number of carbonyl (C=O) groups is 3. The summed E-state index contributed by atoms with van der Waals surface area (Å²) >= 11 is 5.09. The number of aromatic nitrogens is 3. The van der Waals surface area contributed by atoms with Gasteiger partial charge in [-0.15, -0.1) is 33.3 Å². The Balaban J connectivity index is 1.48. The van der Waals surface area contributed by atoms with Crippen LogP contribution in [-0.4, -0.2) is 76.8 Å². The number of aliphatic carboxylic acids is 1. The molecular weight excluding hydrogens is 486 g/mol. The second-order valence-corrected chi connectivity index (χ2v) is 10.2. The number of carboxylic acids is 1. The molecule has 0 radical (unpaired) electrons. The van der Waals surface area contributed by atoms with E-state index in [2.05, 4.69) is 25.7 Å². The van der Waals surface area contributed by atoms with E-state index in [1.807, 2.05) is 0 Å². The molecule has 2 aliphatic rings. The van der Waals surface area contributed by atoms with E-state index in [1.54, 1.807) is 5.51 Å². The lowest BCUT2D eigenvalue weighted by atomic mass is 10.0. The third-order valence-corrected chi connectivity index (χ3v) is 8.29. The van der Waals surface area contributed by atoms with Crippen molar-refractivity contribution >= 4 is 74.8 Å². The van der Waals surface area contributed by atoms with Gasteiger partial charge in [-0.2, -0.15) is 0 Å². The SMILES string of the molecule is Nc1nc(/C(=N/O)C(=O)N[C@@H]2C(=O)N3C(C(=O)O)=C(CSc4nncs4)CS[C@H]23)cs1. The normalized spacial score (nSPS) is 21.0. The van der Waals surface area contributed by atoms with Crippen LogP contribution in [0.15, 0.2) is 31.7 Å². The van der Waals surface area contributed by atoms with E-state index in [1.165, 1.54) is 45.1 Å². The van der Waals surface area contributed by atoms with E-state index in [-0.39, 0.29) is 22.2 Å². The number of carboxylic acid groups (broad SMARTS) is 1. The average Bonchev–Trinajstić information content (AvgIpc) is 3.42. The minimum absolute atomic E-state index is 0.0736. The number of nitrogens with zero attached hydrogens (tertiary/aromatic N) is 5. The molecule has 0 saturated carbocycles. The van der Waals surface area contributed by atoms with Crippen molar-refractivity contribution in [2.24, 2.45) is 5.16 Å². The van der Waals surface area contributed by atoms with Crippen molar-refractivity contribution in [3.05, 3.63) is 27.9 Å². The number of carbonyl (C=O) groups excluding carboxylic acids is 2. The number of anilines is 1. The van der Waals surface area contributed by atoms with Gasteiger partial charge < -0.3 is 21.4 Å². The van der Waals surface area contributed by atoms with E-state index < -0.39 is 29.2 Å². The van der Waals surface area contributed by atoms with Crippen molar-refractivity contribution in [3.8, 4) is 0 Å². The lowest BCUT2D eigenvalue weighted by Crippen LogP contribution is -2.71. The fourth-order valence-corrected chi connectivity index (χ4v) is 6.51. The number of oxime groups is 1. The van der Waals surface area contributed by atoms with Crippen LogP contribution in [0.3, 0.4) is 0 Å². The van der Waals surface area contributed by atoms with E-state index >= 15 is 0 Å². The van der Waals surface area contributed by atoms with Crippen LogP contribution in [0.1, 0.15) is 5.69 Å². The number of β-lactam (4-membered cyclic amide) rings is 1. The highest BCUT2D eigenvalue weighted by molar-refractivity contribution is 8.01. The summed E-state index contributed by atoms with van der Waals surface area (Å²) in [6.45, 7) is 0. The molecule has 4 rings (SSSR count). The predicted molar refractivity (Wildman–Crippen MR) is 115 cm³/mol. The highest BCUT2D eigenvalue weighted by Gasteiger charge is 2.54. The molecule has 2 aliphatic heterocycles. The third kappa shape index (κ3) is 4.10. The van der Waals surface area contributed by atoms with Gasteiger partial charge in [-0.3, -0.25) is 14.5 Å². The zero-order chi connectivity index (χ0) is 22.1. The largest absolute Gasteiger partial charge is 0.477 e. The number of hydrogen-bond acceptors (Lipinski definition) is 13. The summed E-state index contributed by atoms with van der Waals surface area (Å²) in [5, 5.41) is 33.1. The van der Waals surface area contributed by atoms with Crippen molar-refractivity contribution in [2.75, 3.05) is 17.2 Å². The quantitative estimate of drug-likeness (QED) is 0.135. The topological polar surface area (TPSA) is 184 Å². The lowest BCUT2D eigenvalue weighted by Gasteiger charge is -2.49. The minimum atomic E-state index is -1.22. The van der Waals surface area contributed by atoms with Crippen molar-refractivity contribution in [3.63, 3.8) is 0 Å². The van der Waals surface area contributed by atoms with Crippen molar-refractivity contribution in [1.29, 1.82) is 0 Å². The molecule has 162 valence electrons. The van der Waals surface area contributed by atoms with Gasteiger partial charge in [0.15, 0.2) is 15.2 Å². The molecule has 1 fully saturated rings. The van der Waals surface area contributed by atoms with Crippen molar-refractivity contribution in [2.45, 2.75) is 15.8 Å². The van der Waals surface area contributed by atoms with Gasteiger partial charge in [0.05, 0.1) is 0 Å². The second-order valence-electron chi connectivity index (χ2n) is 6.13. The third-order valence-electron chi connectivity index (χ3n) is 4.33. The number of fused-ring (bicyclic) bond motifs is 1. The highest BCUT2D eigenvalue weighted by atomic mass is 32.2. The molecule has 31 heavy (non-hydrogen) atoms. The van der Waals surface area contributed by atoms with Crippen LogP contribution < -0.4 is 11.1 Å². The first-order valence-electron chi connectivity index (χ1n) is 8.44. The lowest BCUT2D eigenvalue weighted by molar-refractivity contribution is -0.150. The maximum Gasteiger partial charge on any atom is 0.352 e. The van der Waals surface area contributed by atoms with Crippen LogP contribution in [0.2, 0.25) is 0 Å². The molecule has 2 atom stereocenters. The van der Waals surface area contributed by atoms with E-state index in [0.29, 0.717) is 21.4 Å².